The van der Waals surface area contributed by atoms with Crippen LogP contribution in [0.3, 0.4) is 0 Å². The van der Waals surface area contributed by atoms with Crippen molar-refractivity contribution in [3.63, 3.8) is 0 Å². The minimum Gasteiger partial charge on any atom is -0.303 e. The maximum absolute atomic E-state index is 10.8. The van der Waals surface area contributed by atoms with E-state index in [9.17, 15) is 4.79 Å². The Morgan fingerprint density at radius 3 is 2.45 bits per heavy atom. The minimum absolute atomic E-state index is 0.0359. The first-order valence-corrected chi connectivity index (χ1v) is 4.40. The maximum atomic E-state index is 10.8. The summed E-state index contributed by atoms with van der Waals surface area (Å²) in [6.07, 6.45) is 9.74. The molecule has 0 N–H and O–H groups in total. The molecule has 0 aromatic heterocycles. The van der Waals surface area contributed by atoms with Crippen molar-refractivity contribution in [3.8, 4) is 0 Å². The molecule has 0 radical (unpaired) electrons. The molecule has 1 saturated carbocycles. The predicted molar refractivity (Wildman–Crippen MR) is 46.4 cm³/mol. The smallest absolute Gasteiger partial charge is 0.126 e. The van der Waals surface area contributed by atoms with Gasteiger partial charge in [-0.15, -0.1) is 6.58 Å². The molecule has 62 valence electrons. The molecule has 0 heterocycles. The van der Waals surface area contributed by atoms with Gasteiger partial charge in [0.25, 0.3) is 0 Å². The molecule has 1 heteroatoms. The third-order valence-corrected chi connectivity index (χ3v) is 2.70. The Kier molecular flexibility index (Phi) is 2.86. The normalized spacial score (nSPS) is 21.5. The average molecular weight is 152 g/mol. The maximum Gasteiger partial charge on any atom is 0.126 e. The van der Waals surface area contributed by atoms with Crippen molar-refractivity contribution in [2.24, 2.45) is 5.41 Å². The molecule has 0 saturated heterocycles. The standard InChI is InChI=1S/C10H16O/c1-2-3-6-10(9-11)7-4-5-8-10/h2,9H,1,3-8H2. The molecule has 11 heavy (non-hydrogen) atoms. The van der Waals surface area contributed by atoms with Crippen LogP contribution in [-0.2, 0) is 4.79 Å². The van der Waals surface area contributed by atoms with E-state index >= 15 is 0 Å². The fourth-order valence-electron chi connectivity index (χ4n) is 1.90. The van der Waals surface area contributed by atoms with Gasteiger partial charge < -0.3 is 4.79 Å². The Labute approximate surface area is 68.5 Å². The molecule has 0 aromatic rings. The van der Waals surface area contributed by atoms with Crippen LogP contribution in [0.5, 0.6) is 0 Å². The van der Waals surface area contributed by atoms with Crippen molar-refractivity contribution in [2.75, 3.05) is 0 Å². The summed E-state index contributed by atoms with van der Waals surface area (Å²) in [5.74, 6) is 0. The van der Waals surface area contributed by atoms with Crippen LogP contribution in [0.4, 0.5) is 0 Å². The quantitative estimate of drug-likeness (QED) is 0.447. The molecule has 1 nitrogen and oxygen atoms in total. The second-order valence-electron chi connectivity index (χ2n) is 3.51. The van der Waals surface area contributed by atoms with E-state index in [1.54, 1.807) is 0 Å². The summed E-state index contributed by atoms with van der Waals surface area (Å²) in [6.45, 7) is 3.67. The molecule has 0 atom stereocenters. The number of hydrogen-bond donors (Lipinski definition) is 0. The van der Waals surface area contributed by atoms with Crippen molar-refractivity contribution in [1.29, 1.82) is 0 Å². The Morgan fingerprint density at radius 2 is 2.00 bits per heavy atom. The lowest BCUT2D eigenvalue weighted by molar-refractivity contribution is -0.116. The Morgan fingerprint density at radius 1 is 1.36 bits per heavy atom. The molecule has 1 aliphatic rings. The van der Waals surface area contributed by atoms with E-state index in [0.717, 1.165) is 25.7 Å². The fourth-order valence-corrected chi connectivity index (χ4v) is 1.90. The number of hydrogen-bond acceptors (Lipinski definition) is 1. The van der Waals surface area contributed by atoms with Crippen LogP contribution in [0, 0.1) is 5.41 Å². The third kappa shape index (κ3) is 1.92. The average Bonchev–Trinajstić information content (AvgIpc) is 2.50. The summed E-state index contributed by atoms with van der Waals surface area (Å²) in [5, 5.41) is 0. The predicted octanol–water partition coefficient (Wildman–Crippen LogP) is 2.71. The Bertz CT molecular complexity index is 143. The zero-order valence-electron chi connectivity index (χ0n) is 7.01. The molecule has 0 unspecified atom stereocenters. The molecule has 1 aliphatic carbocycles. The number of allylic oxidation sites excluding steroid dienone is 1. The second-order valence-corrected chi connectivity index (χ2v) is 3.51. The number of rotatable bonds is 4. The van der Waals surface area contributed by atoms with Gasteiger partial charge in [0.05, 0.1) is 0 Å². The van der Waals surface area contributed by atoms with Crippen molar-refractivity contribution >= 4 is 6.29 Å². The van der Waals surface area contributed by atoms with E-state index in [1.165, 1.54) is 19.1 Å². The Balaban J connectivity index is 2.45. The highest BCUT2D eigenvalue weighted by Gasteiger charge is 2.32. The van der Waals surface area contributed by atoms with E-state index in [4.69, 9.17) is 0 Å². The van der Waals surface area contributed by atoms with E-state index in [0.29, 0.717) is 0 Å². The lowest BCUT2D eigenvalue weighted by Gasteiger charge is -2.19. The molecular formula is C10H16O. The minimum atomic E-state index is 0.0359. The van der Waals surface area contributed by atoms with Gasteiger partial charge >= 0.3 is 0 Å². The van der Waals surface area contributed by atoms with Crippen molar-refractivity contribution in [3.05, 3.63) is 12.7 Å². The Hall–Kier alpha value is -0.590. The highest BCUT2D eigenvalue weighted by Crippen LogP contribution is 2.39. The van der Waals surface area contributed by atoms with Gasteiger partial charge in [-0.1, -0.05) is 18.9 Å². The summed E-state index contributed by atoms with van der Waals surface area (Å²) in [7, 11) is 0. The molecule has 0 aliphatic heterocycles. The van der Waals surface area contributed by atoms with Gasteiger partial charge in [-0.2, -0.15) is 0 Å². The van der Waals surface area contributed by atoms with Gasteiger partial charge in [0.15, 0.2) is 0 Å². The zero-order valence-corrected chi connectivity index (χ0v) is 7.01. The first-order chi connectivity index (χ1) is 5.33. The van der Waals surface area contributed by atoms with Gasteiger partial charge in [-0.3, -0.25) is 0 Å². The first-order valence-electron chi connectivity index (χ1n) is 4.40. The van der Waals surface area contributed by atoms with Crippen LogP contribution < -0.4 is 0 Å². The summed E-state index contributed by atoms with van der Waals surface area (Å²) < 4.78 is 0. The van der Waals surface area contributed by atoms with Crippen molar-refractivity contribution in [1.82, 2.24) is 0 Å². The lowest BCUT2D eigenvalue weighted by Crippen LogP contribution is -2.17. The van der Waals surface area contributed by atoms with E-state index in [1.807, 2.05) is 6.08 Å². The monoisotopic (exact) mass is 152 g/mol. The highest BCUT2D eigenvalue weighted by atomic mass is 16.1. The van der Waals surface area contributed by atoms with Crippen LogP contribution in [0.1, 0.15) is 38.5 Å². The summed E-state index contributed by atoms with van der Waals surface area (Å²) >= 11 is 0. The number of aldehydes is 1. The SMILES string of the molecule is C=CCCC1(C=O)CCCC1. The molecule has 1 fully saturated rings. The van der Waals surface area contributed by atoms with Crippen LogP contribution in [0.25, 0.3) is 0 Å². The van der Waals surface area contributed by atoms with Gasteiger partial charge in [-0.05, 0) is 25.7 Å². The molecule has 1 rings (SSSR count). The van der Waals surface area contributed by atoms with Gasteiger partial charge in [0, 0.05) is 5.41 Å². The largest absolute Gasteiger partial charge is 0.303 e. The van der Waals surface area contributed by atoms with E-state index in [2.05, 4.69) is 6.58 Å². The molecule has 0 amide bonds. The van der Waals surface area contributed by atoms with Crippen molar-refractivity contribution < 1.29 is 4.79 Å². The number of carbonyl (C=O) groups excluding carboxylic acids is 1. The van der Waals surface area contributed by atoms with Crippen LogP contribution in [0.15, 0.2) is 12.7 Å². The van der Waals surface area contributed by atoms with Crippen molar-refractivity contribution in [2.45, 2.75) is 38.5 Å². The van der Waals surface area contributed by atoms with Crippen LogP contribution in [-0.4, -0.2) is 6.29 Å². The van der Waals surface area contributed by atoms with E-state index in [-0.39, 0.29) is 5.41 Å². The summed E-state index contributed by atoms with van der Waals surface area (Å²) in [6, 6.07) is 0. The van der Waals surface area contributed by atoms with Gasteiger partial charge in [0.1, 0.15) is 6.29 Å². The van der Waals surface area contributed by atoms with Gasteiger partial charge in [0.2, 0.25) is 0 Å². The summed E-state index contributed by atoms with van der Waals surface area (Å²) in [4.78, 5) is 10.8. The topological polar surface area (TPSA) is 17.1 Å². The van der Waals surface area contributed by atoms with E-state index < -0.39 is 0 Å². The highest BCUT2D eigenvalue weighted by molar-refractivity contribution is 5.59. The molecular weight excluding hydrogens is 136 g/mol. The van der Waals surface area contributed by atoms with Crippen LogP contribution >= 0.6 is 0 Å². The molecule has 0 spiro atoms. The molecule has 0 aromatic carbocycles. The third-order valence-electron chi connectivity index (χ3n) is 2.70. The molecule has 0 bridgehead atoms. The second kappa shape index (κ2) is 3.70. The fraction of sp³-hybridized carbons (Fsp3) is 0.700. The van der Waals surface area contributed by atoms with Gasteiger partial charge in [-0.25, -0.2) is 0 Å². The number of carbonyl (C=O) groups is 1. The van der Waals surface area contributed by atoms with Crippen LogP contribution in [0.2, 0.25) is 0 Å². The zero-order chi connectivity index (χ0) is 8.16. The summed E-state index contributed by atoms with van der Waals surface area (Å²) in [5.41, 5.74) is 0.0359. The first kappa shape index (κ1) is 8.51. The lowest BCUT2D eigenvalue weighted by atomic mass is 9.83.